The van der Waals surface area contributed by atoms with E-state index in [0.29, 0.717) is 22.8 Å². The number of carbonyl (C=O) groups excluding carboxylic acids is 2. The van der Waals surface area contributed by atoms with Crippen LogP contribution >= 0.6 is 0 Å². The molecular formula is C35H36F3N5O6. The molecule has 0 saturated heterocycles. The third kappa shape index (κ3) is 9.09. The Morgan fingerprint density at radius 2 is 1.67 bits per heavy atom. The van der Waals surface area contributed by atoms with E-state index in [1.165, 1.54) is 35.2 Å². The predicted molar refractivity (Wildman–Crippen MR) is 173 cm³/mol. The number of benzene rings is 3. The Kier molecular flexibility index (Phi) is 9.88. The number of aromatic hydroxyl groups is 1. The van der Waals surface area contributed by atoms with E-state index < -0.39 is 47.3 Å². The summed E-state index contributed by atoms with van der Waals surface area (Å²) in [5.41, 5.74) is -0.475. The zero-order valence-corrected chi connectivity index (χ0v) is 27.0. The Morgan fingerprint density at radius 1 is 0.980 bits per heavy atom. The highest BCUT2D eigenvalue weighted by atomic mass is 19.4. The Balaban J connectivity index is 1.44. The molecule has 1 fully saturated rings. The number of alkyl halides is 3. The van der Waals surface area contributed by atoms with Crippen molar-refractivity contribution in [2.45, 2.75) is 58.0 Å². The molecule has 1 atom stereocenters. The number of anilines is 1. The summed E-state index contributed by atoms with van der Waals surface area (Å²) in [7, 11) is 0. The lowest BCUT2D eigenvalue weighted by Crippen LogP contribution is -2.36. The number of phenolic OH excluding ortho intramolecular Hbond substituents is 1. The topological polar surface area (TPSA) is 146 Å². The van der Waals surface area contributed by atoms with Crippen molar-refractivity contribution in [3.63, 3.8) is 0 Å². The van der Waals surface area contributed by atoms with Crippen LogP contribution in [0, 0.1) is 5.92 Å². The standard InChI is InChI=1S/C35H36F3N5O6/c1-34(2,3)49-32(46)39-19-22-6-4-9-26(16-22)43-28(18-29(41-43)35(36,37)38)31(45)40-25-8-5-7-24(17-25)30(23-12-14-27(44)15-13-23)42(33(47)48)20-21-10-11-21/h4-9,12-18,21,30,44H,10-11,19-20H2,1-3H3,(H,39,46)(H,40,45)(H,47,48). The number of ether oxygens (including phenoxy) is 1. The van der Waals surface area contributed by atoms with Gasteiger partial charge in [-0.25, -0.2) is 14.3 Å². The summed E-state index contributed by atoms with van der Waals surface area (Å²) in [6.07, 6.45) is -4.87. The smallest absolute Gasteiger partial charge is 0.435 e. The van der Waals surface area contributed by atoms with Gasteiger partial charge in [0.25, 0.3) is 5.91 Å². The van der Waals surface area contributed by atoms with Crippen molar-refractivity contribution in [1.82, 2.24) is 20.0 Å². The van der Waals surface area contributed by atoms with Crippen LogP contribution in [0.1, 0.15) is 72.5 Å². The molecule has 0 bridgehead atoms. The van der Waals surface area contributed by atoms with Crippen LogP contribution in [0.25, 0.3) is 5.69 Å². The Morgan fingerprint density at radius 3 is 2.31 bits per heavy atom. The first-order valence-corrected chi connectivity index (χ1v) is 15.5. The maximum absolute atomic E-state index is 13.8. The van der Waals surface area contributed by atoms with E-state index in [1.54, 1.807) is 63.2 Å². The van der Waals surface area contributed by atoms with E-state index >= 15 is 0 Å². The molecule has 4 aromatic rings. The second-order valence-corrected chi connectivity index (χ2v) is 12.8. The maximum atomic E-state index is 13.8. The van der Waals surface area contributed by atoms with Crippen molar-refractivity contribution in [1.29, 1.82) is 0 Å². The van der Waals surface area contributed by atoms with Gasteiger partial charge in [0.15, 0.2) is 5.69 Å². The largest absolute Gasteiger partial charge is 0.508 e. The zero-order chi connectivity index (χ0) is 35.5. The summed E-state index contributed by atoms with van der Waals surface area (Å²) in [4.78, 5) is 39.5. The first-order chi connectivity index (χ1) is 23.1. The number of carboxylic acid groups (broad SMARTS) is 1. The van der Waals surface area contributed by atoms with Gasteiger partial charge in [-0.1, -0.05) is 36.4 Å². The van der Waals surface area contributed by atoms with Crippen LogP contribution in [0.15, 0.2) is 78.9 Å². The van der Waals surface area contributed by atoms with E-state index in [0.717, 1.165) is 17.5 Å². The Hall–Kier alpha value is -5.53. The molecule has 5 rings (SSSR count). The number of amides is 3. The van der Waals surface area contributed by atoms with E-state index in [2.05, 4.69) is 15.7 Å². The summed E-state index contributed by atoms with van der Waals surface area (Å²) in [5.74, 6) is -0.674. The van der Waals surface area contributed by atoms with Crippen LogP contribution in [0.3, 0.4) is 0 Å². The van der Waals surface area contributed by atoms with Gasteiger partial charge in [0.05, 0.1) is 11.7 Å². The fourth-order valence-electron chi connectivity index (χ4n) is 5.23. The minimum atomic E-state index is -4.85. The quantitative estimate of drug-likeness (QED) is 0.137. The molecule has 0 aliphatic heterocycles. The highest BCUT2D eigenvalue weighted by Crippen LogP contribution is 2.37. The number of carbonyl (C=O) groups is 3. The third-order valence-electron chi connectivity index (χ3n) is 7.60. The highest BCUT2D eigenvalue weighted by molar-refractivity contribution is 6.03. The van der Waals surface area contributed by atoms with Crippen molar-refractivity contribution in [2.24, 2.45) is 5.92 Å². The van der Waals surface area contributed by atoms with E-state index in [9.17, 15) is 37.8 Å². The minimum Gasteiger partial charge on any atom is -0.508 e. The SMILES string of the molecule is CC(C)(C)OC(=O)NCc1cccc(-n2nc(C(F)(F)F)cc2C(=O)Nc2cccc(C(c3ccc(O)cc3)N(CC3CC3)C(=O)O)c2)c1. The fourth-order valence-corrected chi connectivity index (χ4v) is 5.23. The predicted octanol–water partition coefficient (Wildman–Crippen LogP) is 7.35. The van der Waals surface area contributed by atoms with Crippen LogP contribution in [-0.2, 0) is 17.5 Å². The summed E-state index contributed by atoms with van der Waals surface area (Å²) < 4.78 is 47.6. The summed E-state index contributed by atoms with van der Waals surface area (Å²) in [5, 5.41) is 28.9. The van der Waals surface area contributed by atoms with Crippen LogP contribution < -0.4 is 10.6 Å². The Bertz CT molecular complexity index is 1830. The highest BCUT2D eigenvalue weighted by Gasteiger charge is 2.37. The van der Waals surface area contributed by atoms with Crippen molar-refractivity contribution < 1.29 is 42.5 Å². The van der Waals surface area contributed by atoms with Gasteiger partial charge in [0.2, 0.25) is 0 Å². The Labute approximate surface area is 280 Å². The molecule has 1 unspecified atom stereocenters. The molecular weight excluding hydrogens is 643 g/mol. The van der Waals surface area contributed by atoms with Gasteiger partial charge in [-0.05, 0) is 92.6 Å². The molecule has 0 radical (unpaired) electrons. The average molecular weight is 680 g/mol. The van der Waals surface area contributed by atoms with Crippen LogP contribution in [-0.4, -0.2) is 55.1 Å². The molecule has 1 saturated carbocycles. The lowest BCUT2D eigenvalue weighted by molar-refractivity contribution is -0.141. The molecule has 14 heteroatoms. The normalized spacial score (nSPS) is 13.8. The first kappa shape index (κ1) is 34.8. The zero-order valence-electron chi connectivity index (χ0n) is 27.0. The second kappa shape index (κ2) is 13.9. The van der Waals surface area contributed by atoms with E-state index in [-0.39, 0.29) is 36.1 Å². The average Bonchev–Trinajstić information content (AvgIpc) is 3.72. The molecule has 49 heavy (non-hydrogen) atoms. The van der Waals surface area contributed by atoms with Crippen LogP contribution in [0.4, 0.5) is 28.4 Å². The first-order valence-electron chi connectivity index (χ1n) is 15.5. The molecule has 3 amide bonds. The number of aromatic nitrogens is 2. The van der Waals surface area contributed by atoms with Gasteiger partial charge in [-0.3, -0.25) is 9.69 Å². The molecule has 11 nitrogen and oxygen atoms in total. The maximum Gasteiger partial charge on any atom is 0.435 e. The summed E-state index contributed by atoms with van der Waals surface area (Å²) in [6.45, 7) is 5.41. The molecule has 1 aromatic heterocycles. The number of alkyl carbamates (subject to hydrolysis) is 1. The number of hydrogen-bond acceptors (Lipinski definition) is 6. The molecule has 1 heterocycles. The van der Waals surface area contributed by atoms with Gasteiger partial charge in [0.1, 0.15) is 17.0 Å². The molecule has 1 aliphatic rings. The van der Waals surface area contributed by atoms with E-state index in [1.807, 2.05) is 0 Å². The molecule has 258 valence electrons. The lowest BCUT2D eigenvalue weighted by Gasteiger charge is -2.30. The van der Waals surface area contributed by atoms with Crippen molar-refractivity contribution in [3.05, 3.63) is 107 Å². The number of rotatable bonds is 10. The number of halogens is 3. The number of nitrogens with one attached hydrogen (secondary N) is 2. The molecule has 3 aromatic carbocycles. The minimum absolute atomic E-state index is 0.000771. The van der Waals surface area contributed by atoms with E-state index in [4.69, 9.17) is 4.74 Å². The number of nitrogens with zero attached hydrogens (tertiary/aromatic N) is 3. The second-order valence-electron chi connectivity index (χ2n) is 12.8. The molecule has 0 spiro atoms. The fraction of sp³-hybridized carbons (Fsp3) is 0.314. The number of phenols is 1. The van der Waals surface area contributed by atoms with Gasteiger partial charge in [-0.15, -0.1) is 0 Å². The molecule has 4 N–H and O–H groups in total. The van der Waals surface area contributed by atoms with Crippen molar-refractivity contribution >= 4 is 23.8 Å². The monoisotopic (exact) mass is 679 g/mol. The van der Waals surface area contributed by atoms with Gasteiger partial charge in [-0.2, -0.15) is 18.3 Å². The van der Waals surface area contributed by atoms with Crippen molar-refractivity contribution in [2.75, 3.05) is 11.9 Å². The number of hydrogen-bond donors (Lipinski definition) is 4. The van der Waals surface area contributed by atoms with Crippen LogP contribution in [0.2, 0.25) is 0 Å². The van der Waals surface area contributed by atoms with Crippen LogP contribution in [0.5, 0.6) is 5.75 Å². The lowest BCUT2D eigenvalue weighted by atomic mass is 9.96. The third-order valence-corrected chi connectivity index (χ3v) is 7.60. The summed E-state index contributed by atoms with van der Waals surface area (Å²) in [6, 6.07) is 18.5. The van der Waals surface area contributed by atoms with Crippen molar-refractivity contribution in [3.8, 4) is 11.4 Å². The molecule has 1 aliphatic carbocycles. The van der Waals surface area contributed by atoms with Gasteiger partial charge >= 0.3 is 18.4 Å². The summed E-state index contributed by atoms with van der Waals surface area (Å²) >= 11 is 0. The van der Waals surface area contributed by atoms with Gasteiger partial charge in [0, 0.05) is 24.8 Å². The van der Waals surface area contributed by atoms with Gasteiger partial charge < -0.3 is 25.6 Å².